The fourth-order valence-electron chi connectivity index (χ4n) is 3.05. The predicted octanol–water partition coefficient (Wildman–Crippen LogP) is 4.55. The van der Waals surface area contributed by atoms with E-state index in [1.807, 2.05) is 18.2 Å². The van der Waals surface area contributed by atoms with E-state index in [0.717, 1.165) is 22.2 Å². The molecule has 1 saturated heterocycles. The number of rotatable bonds is 3. The summed E-state index contributed by atoms with van der Waals surface area (Å²) >= 11 is 1.69. The lowest BCUT2D eigenvalue weighted by Crippen LogP contribution is -2.22. The summed E-state index contributed by atoms with van der Waals surface area (Å²) in [5.41, 5.74) is 2.51. The molecule has 0 spiro atoms. The fraction of sp³-hybridized carbons (Fsp3) is 0.222. The quantitative estimate of drug-likeness (QED) is 0.711. The lowest BCUT2D eigenvalue weighted by molar-refractivity contribution is 0.714. The van der Waals surface area contributed by atoms with Gasteiger partial charge < -0.3 is 4.90 Å². The molecule has 1 aliphatic rings. The lowest BCUT2D eigenvalue weighted by atomic mass is 10.1. The zero-order valence-corrected chi connectivity index (χ0v) is 13.0. The highest BCUT2D eigenvalue weighted by molar-refractivity contribution is 7.18. The van der Waals surface area contributed by atoms with Crippen LogP contribution in [0.1, 0.15) is 24.4 Å². The average Bonchev–Trinajstić information content (AvgIpc) is 3.25. The summed E-state index contributed by atoms with van der Waals surface area (Å²) in [7, 11) is 0. The first kappa shape index (κ1) is 13.5. The SMILES string of the molecule is c1ccc(-c2nnc(N3CCCC3c3ccccc3)s2)cc1. The van der Waals surface area contributed by atoms with Gasteiger partial charge in [-0.1, -0.05) is 72.0 Å². The predicted molar refractivity (Wildman–Crippen MR) is 91.1 cm³/mol. The molecule has 0 aliphatic carbocycles. The van der Waals surface area contributed by atoms with Crippen molar-refractivity contribution in [3.63, 3.8) is 0 Å². The zero-order valence-electron chi connectivity index (χ0n) is 12.2. The normalized spacial score (nSPS) is 17.8. The molecular weight excluding hydrogens is 290 g/mol. The van der Waals surface area contributed by atoms with Crippen molar-refractivity contribution in [3.8, 4) is 10.6 Å². The summed E-state index contributed by atoms with van der Waals surface area (Å²) < 4.78 is 0. The molecule has 0 N–H and O–H groups in total. The van der Waals surface area contributed by atoms with Crippen LogP contribution in [0.3, 0.4) is 0 Å². The third-order valence-corrected chi connectivity index (χ3v) is 5.13. The van der Waals surface area contributed by atoms with Gasteiger partial charge in [0.25, 0.3) is 0 Å². The Morgan fingerprint density at radius 2 is 1.64 bits per heavy atom. The van der Waals surface area contributed by atoms with Gasteiger partial charge in [0, 0.05) is 12.1 Å². The second-order valence-corrected chi connectivity index (χ2v) is 6.47. The molecule has 0 bridgehead atoms. The maximum absolute atomic E-state index is 4.44. The van der Waals surface area contributed by atoms with Crippen molar-refractivity contribution in [2.75, 3.05) is 11.4 Å². The Labute approximate surface area is 134 Å². The van der Waals surface area contributed by atoms with Gasteiger partial charge in [-0.05, 0) is 18.4 Å². The molecule has 22 heavy (non-hydrogen) atoms. The highest BCUT2D eigenvalue weighted by atomic mass is 32.1. The second kappa shape index (κ2) is 5.89. The van der Waals surface area contributed by atoms with Crippen LogP contribution in [-0.2, 0) is 0 Å². The molecule has 4 rings (SSSR count). The Bertz CT molecular complexity index is 739. The third-order valence-electron chi connectivity index (χ3n) is 4.12. The Kier molecular flexibility index (Phi) is 3.60. The molecular formula is C18H17N3S. The molecule has 1 atom stereocenters. The van der Waals surface area contributed by atoms with Crippen molar-refractivity contribution in [3.05, 3.63) is 66.2 Å². The van der Waals surface area contributed by atoms with E-state index in [0.29, 0.717) is 6.04 Å². The molecule has 3 nitrogen and oxygen atoms in total. The van der Waals surface area contributed by atoms with E-state index in [1.54, 1.807) is 11.3 Å². The van der Waals surface area contributed by atoms with Crippen LogP contribution in [0.2, 0.25) is 0 Å². The van der Waals surface area contributed by atoms with Crippen LogP contribution >= 0.6 is 11.3 Å². The Balaban J connectivity index is 1.63. The number of benzene rings is 2. The van der Waals surface area contributed by atoms with E-state index in [1.165, 1.54) is 18.4 Å². The molecule has 4 heteroatoms. The van der Waals surface area contributed by atoms with Gasteiger partial charge in [0.15, 0.2) is 0 Å². The van der Waals surface area contributed by atoms with Crippen molar-refractivity contribution in [2.45, 2.75) is 18.9 Å². The van der Waals surface area contributed by atoms with Gasteiger partial charge in [0.1, 0.15) is 5.01 Å². The second-order valence-electron chi connectivity index (χ2n) is 5.52. The van der Waals surface area contributed by atoms with Gasteiger partial charge in [0.05, 0.1) is 6.04 Å². The minimum atomic E-state index is 0.428. The minimum Gasteiger partial charge on any atom is -0.340 e. The van der Waals surface area contributed by atoms with Gasteiger partial charge in [-0.15, -0.1) is 10.2 Å². The van der Waals surface area contributed by atoms with Crippen LogP contribution in [0.15, 0.2) is 60.7 Å². The van der Waals surface area contributed by atoms with Gasteiger partial charge in [-0.25, -0.2) is 0 Å². The molecule has 1 unspecified atom stereocenters. The molecule has 0 amide bonds. The molecule has 1 fully saturated rings. The van der Waals surface area contributed by atoms with Crippen molar-refractivity contribution >= 4 is 16.5 Å². The van der Waals surface area contributed by atoms with Crippen LogP contribution in [-0.4, -0.2) is 16.7 Å². The summed E-state index contributed by atoms with van der Waals surface area (Å²) in [6, 6.07) is 21.4. The summed E-state index contributed by atoms with van der Waals surface area (Å²) in [4.78, 5) is 2.40. The lowest BCUT2D eigenvalue weighted by Gasteiger charge is -2.23. The van der Waals surface area contributed by atoms with Crippen LogP contribution in [0.4, 0.5) is 5.13 Å². The smallest absolute Gasteiger partial charge is 0.209 e. The zero-order chi connectivity index (χ0) is 14.8. The van der Waals surface area contributed by atoms with Crippen molar-refractivity contribution < 1.29 is 0 Å². The van der Waals surface area contributed by atoms with Gasteiger partial charge in [-0.2, -0.15) is 0 Å². The first-order valence-electron chi connectivity index (χ1n) is 7.62. The first-order chi connectivity index (χ1) is 10.9. The fourth-order valence-corrected chi connectivity index (χ4v) is 3.97. The van der Waals surface area contributed by atoms with Crippen LogP contribution < -0.4 is 4.90 Å². The molecule has 2 heterocycles. The maximum Gasteiger partial charge on any atom is 0.209 e. The van der Waals surface area contributed by atoms with Crippen molar-refractivity contribution in [2.24, 2.45) is 0 Å². The first-order valence-corrected chi connectivity index (χ1v) is 8.44. The van der Waals surface area contributed by atoms with E-state index >= 15 is 0 Å². The molecule has 1 aromatic heterocycles. The van der Waals surface area contributed by atoms with Crippen molar-refractivity contribution in [1.82, 2.24) is 10.2 Å². The van der Waals surface area contributed by atoms with Crippen LogP contribution in [0.5, 0.6) is 0 Å². The third kappa shape index (κ3) is 2.50. The molecule has 3 aromatic rings. The monoisotopic (exact) mass is 307 g/mol. The van der Waals surface area contributed by atoms with Crippen LogP contribution in [0, 0.1) is 0 Å². The summed E-state index contributed by atoms with van der Waals surface area (Å²) in [5.74, 6) is 0. The Hall–Kier alpha value is -2.20. The van der Waals surface area contributed by atoms with Gasteiger partial charge in [0.2, 0.25) is 5.13 Å². The Morgan fingerprint density at radius 3 is 2.41 bits per heavy atom. The summed E-state index contributed by atoms with van der Waals surface area (Å²) in [6.45, 7) is 1.06. The van der Waals surface area contributed by atoms with E-state index < -0.39 is 0 Å². The molecule has 2 aromatic carbocycles. The number of anilines is 1. The maximum atomic E-state index is 4.44. The van der Waals surface area contributed by atoms with E-state index in [-0.39, 0.29) is 0 Å². The molecule has 0 saturated carbocycles. The highest BCUT2D eigenvalue weighted by Gasteiger charge is 2.28. The molecule has 110 valence electrons. The van der Waals surface area contributed by atoms with Gasteiger partial charge in [-0.3, -0.25) is 0 Å². The van der Waals surface area contributed by atoms with Gasteiger partial charge >= 0.3 is 0 Å². The standard InChI is InChI=1S/C18H17N3S/c1-3-8-14(9-4-1)16-12-7-13-21(16)18-20-19-17(22-18)15-10-5-2-6-11-15/h1-6,8-11,16H,7,12-13H2. The largest absolute Gasteiger partial charge is 0.340 e. The number of hydrogen-bond acceptors (Lipinski definition) is 4. The van der Waals surface area contributed by atoms with E-state index in [9.17, 15) is 0 Å². The molecule has 1 aliphatic heterocycles. The number of nitrogens with zero attached hydrogens (tertiary/aromatic N) is 3. The van der Waals surface area contributed by atoms with E-state index in [2.05, 4.69) is 57.6 Å². The van der Waals surface area contributed by atoms with Crippen LogP contribution in [0.25, 0.3) is 10.6 Å². The summed E-state index contributed by atoms with van der Waals surface area (Å²) in [6.07, 6.45) is 2.39. The Morgan fingerprint density at radius 1 is 0.909 bits per heavy atom. The number of hydrogen-bond donors (Lipinski definition) is 0. The van der Waals surface area contributed by atoms with E-state index in [4.69, 9.17) is 0 Å². The topological polar surface area (TPSA) is 29.0 Å². The van der Waals surface area contributed by atoms with Crippen molar-refractivity contribution in [1.29, 1.82) is 0 Å². The summed E-state index contributed by atoms with van der Waals surface area (Å²) in [5, 5.41) is 10.9. The molecule has 0 radical (unpaired) electrons. The number of aromatic nitrogens is 2. The minimum absolute atomic E-state index is 0.428. The average molecular weight is 307 g/mol. The highest BCUT2D eigenvalue weighted by Crippen LogP contribution is 2.38.